The van der Waals surface area contributed by atoms with E-state index in [4.69, 9.17) is 0 Å². The van der Waals surface area contributed by atoms with E-state index < -0.39 is 12.7 Å². The molecule has 0 radical (unpaired) electrons. The lowest BCUT2D eigenvalue weighted by atomic mass is 10.1. The minimum Gasteiger partial charge on any atom is -0.507 e. The third-order valence-corrected chi connectivity index (χ3v) is 2.19. The number of hydrogen-bond donors (Lipinski definition) is 1. The third kappa shape index (κ3) is 2.77. The molecule has 0 amide bonds. The summed E-state index contributed by atoms with van der Waals surface area (Å²) in [7, 11) is 0. The SMILES string of the molecule is Oc1ccccc1-c1cnn(CC(F)(F)F)c1. The molecule has 17 heavy (non-hydrogen) atoms. The number of rotatable bonds is 2. The molecule has 0 spiro atoms. The van der Waals surface area contributed by atoms with Gasteiger partial charge < -0.3 is 5.11 Å². The van der Waals surface area contributed by atoms with E-state index in [1.807, 2.05) is 0 Å². The molecule has 0 bridgehead atoms. The van der Waals surface area contributed by atoms with Crippen LogP contribution >= 0.6 is 0 Å². The van der Waals surface area contributed by atoms with Crippen LogP contribution in [-0.4, -0.2) is 21.1 Å². The van der Waals surface area contributed by atoms with E-state index in [1.54, 1.807) is 18.2 Å². The number of halogens is 3. The monoisotopic (exact) mass is 242 g/mol. The number of aromatic hydroxyl groups is 1. The first-order valence-corrected chi connectivity index (χ1v) is 4.83. The van der Waals surface area contributed by atoms with Gasteiger partial charge in [0.1, 0.15) is 12.3 Å². The van der Waals surface area contributed by atoms with Gasteiger partial charge in [-0.3, -0.25) is 4.68 Å². The summed E-state index contributed by atoms with van der Waals surface area (Å²) < 4.78 is 37.2. The molecule has 1 heterocycles. The third-order valence-electron chi connectivity index (χ3n) is 2.19. The van der Waals surface area contributed by atoms with Gasteiger partial charge in [-0.15, -0.1) is 0 Å². The van der Waals surface area contributed by atoms with Gasteiger partial charge in [0.05, 0.1) is 6.20 Å². The molecule has 3 nitrogen and oxygen atoms in total. The molecule has 1 N–H and O–H groups in total. The number of phenolic OH excluding ortho intramolecular Hbond substituents is 1. The van der Waals surface area contributed by atoms with Crippen LogP contribution in [0.2, 0.25) is 0 Å². The lowest BCUT2D eigenvalue weighted by molar-refractivity contribution is -0.142. The van der Waals surface area contributed by atoms with Crippen molar-refractivity contribution in [1.29, 1.82) is 0 Å². The Morgan fingerprint density at radius 1 is 1.24 bits per heavy atom. The fraction of sp³-hybridized carbons (Fsp3) is 0.182. The maximum atomic E-state index is 12.1. The number of aromatic nitrogens is 2. The fourth-order valence-electron chi connectivity index (χ4n) is 1.49. The molecular formula is C11H9F3N2O. The van der Waals surface area contributed by atoms with Crippen LogP contribution in [0.4, 0.5) is 13.2 Å². The predicted molar refractivity (Wildman–Crippen MR) is 55.4 cm³/mol. The van der Waals surface area contributed by atoms with Gasteiger partial charge in [-0.25, -0.2) is 0 Å². The van der Waals surface area contributed by atoms with Crippen LogP contribution in [0.15, 0.2) is 36.7 Å². The van der Waals surface area contributed by atoms with E-state index in [1.165, 1.54) is 18.5 Å². The van der Waals surface area contributed by atoms with Crippen LogP contribution in [0.5, 0.6) is 5.75 Å². The highest BCUT2D eigenvalue weighted by atomic mass is 19.4. The van der Waals surface area contributed by atoms with Crippen molar-refractivity contribution in [3.63, 3.8) is 0 Å². The molecule has 0 saturated heterocycles. The number of phenols is 1. The van der Waals surface area contributed by atoms with Crippen molar-refractivity contribution < 1.29 is 18.3 Å². The molecule has 0 unspecified atom stereocenters. The molecule has 1 aromatic heterocycles. The molecule has 2 rings (SSSR count). The van der Waals surface area contributed by atoms with Gasteiger partial charge in [0.2, 0.25) is 0 Å². The van der Waals surface area contributed by atoms with Crippen LogP contribution in [0.25, 0.3) is 11.1 Å². The Labute approximate surface area is 95.1 Å². The number of benzene rings is 1. The summed E-state index contributed by atoms with van der Waals surface area (Å²) >= 11 is 0. The van der Waals surface area contributed by atoms with E-state index in [9.17, 15) is 18.3 Å². The minimum atomic E-state index is -4.30. The number of hydrogen-bond acceptors (Lipinski definition) is 2. The molecule has 1 aromatic carbocycles. The van der Waals surface area contributed by atoms with Crippen LogP contribution in [-0.2, 0) is 6.54 Å². The zero-order valence-corrected chi connectivity index (χ0v) is 8.65. The second-order valence-corrected chi connectivity index (χ2v) is 3.56. The van der Waals surface area contributed by atoms with E-state index in [0.717, 1.165) is 4.68 Å². The Hall–Kier alpha value is -1.98. The molecule has 2 aromatic rings. The quantitative estimate of drug-likeness (QED) is 0.879. The van der Waals surface area contributed by atoms with Crippen LogP contribution < -0.4 is 0 Å². The van der Waals surface area contributed by atoms with Gasteiger partial charge in [0.15, 0.2) is 0 Å². The Morgan fingerprint density at radius 3 is 2.59 bits per heavy atom. The normalized spacial score (nSPS) is 11.7. The summed E-state index contributed by atoms with van der Waals surface area (Å²) in [6, 6.07) is 6.41. The molecule has 0 saturated carbocycles. The van der Waals surface area contributed by atoms with Gasteiger partial charge in [-0.1, -0.05) is 18.2 Å². The smallest absolute Gasteiger partial charge is 0.408 e. The van der Waals surface area contributed by atoms with Gasteiger partial charge in [-0.2, -0.15) is 18.3 Å². The largest absolute Gasteiger partial charge is 0.507 e. The maximum absolute atomic E-state index is 12.1. The van der Waals surface area contributed by atoms with Crippen LogP contribution in [0, 0.1) is 0 Å². The van der Waals surface area contributed by atoms with Crippen molar-refractivity contribution in [3.05, 3.63) is 36.7 Å². The first kappa shape index (κ1) is 11.5. The van der Waals surface area contributed by atoms with Gasteiger partial charge in [0.25, 0.3) is 0 Å². The average molecular weight is 242 g/mol. The molecule has 6 heteroatoms. The van der Waals surface area contributed by atoms with Crippen molar-refractivity contribution in [3.8, 4) is 16.9 Å². The Balaban J connectivity index is 2.28. The Kier molecular flexibility index (Phi) is 2.79. The summed E-state index contributed by atoms with van der Waals surface area (Å²) in [5.41, 5.74) is 0.910. The number of alkyl halides is 3. The van der Waals surface area contributed by atoms with E-state index >= 15 is 0 Å². The maximum Gasteiger partial charge on any atom is 0.408 e. The zero-order valence-electron chi connectivity index (χ0n) is 8.65. The predicted octanol–water partition coefficient (Wildman–Crippen LogP) is 2.82. The summed E-state index contributed by atoms with van der Waals surface area (Å²) in [6.07, 6.45) is -1.76. The van der Waals surface area contributed by atoms with Crippen LogP contribution in [0.1, 0.15) is 0 Å². The number of nitrogens with zero attached hydrogens (tertiary/aromatic N) is 2. The van der Waals surface area contributed by atoms with Gasteiger partial charge in [0, 0.05) is 17.3 Å². The zero-order chi connectivity index (χ0) is 12.5. The molecular weight excluding hydrogens is 233 g/mol. The highest BCUT2D eigenvalue weighted by molar-refractivity contribution is 5.68. The highest BCUT2D eigenvalue weighted by Gasteiger charge is 2.28. The fourth-order valence-corrected chi connectivity index (χ4v) is 1.49. The molecule has 0 fully saturated rings. The average Bonchev–Trinajstić information content (AvgIpc) is 2.64. The van der Waals surface area contributed by atoms with Gasteiger partial charge >= 0.3 is 6.18 Å². The summed E-state index contributed by atoms with van der Waals surface area (Å²) in [5.74, 6) is 0.0130. The number of para-hydroxylation sites is 1. The van der Waals surface area contributed by atoms with Crippen molar-refractivity contribution in [2.24, 2.45) is 0 Å². The van der Waals surface area contributed by atoms with E-state index in [2.05, 4.69) is 5.10 Å². The molecule has 0 aliphatic carbocycles. The Morgan fingerprint density at radius 2 is 1.94 bits per heavy atom. The topological polar surface area (TPSA) is 38.1 Å². The molecule has 0 aliphatic rings. The van der Waals surface area contributed by atoms with Crippen molar-refractivity contribution >= 4 is 0 Å². The lowest BCUT2D eigenvalue weighted by Crippen LogP contribution is -2.17. The van der Waals surface area contributed by atoms with Crippen molar-refractivity contribution in [2.45, 2.75) is 12.7 Å². The molecule has 0 aliphatic heterocycles. The van der Waals surface area contributed by atoms with E-state index in [0.29, 0.717) is 11.1 Å². The second-order valence-electron chi connectivity index (χ2n) is 3.56. The molecule has 90 valence electrons. The summed E-state index contributed by atoms with van der Waals surface area (Å²) in [4.78, 5) is 0. The van der Waals surface area contributed by atoms with Crippen molar-refractivity contribution in [1.82, 2.24) is 9.78 Å². The summed E-state index contributed by atoms with van der Waals surface area (Å²) in [5, 5.41) is 13.2. The first-order chi connectivity index (χ1) is 7.96. The standard InChI is InChI=1S/C11H9F3N2O/c12-11(13,14)7-16-6-8(5-15-16)9-3-1-2-4-10(9)17/h1-6,17H,7H2. The van der Waals surface area contributed by atoms with Crippen molar-refractivity contribution in [2.75, 3.05) is 0 Å². The second kappa shape index (κ2) is 4.12. The molecule has 0 atom stereocenters. The first-order valence-electron chi connectivity index (χ1n) is 4.83. The van der Waals surface area contributed by atoms with Gasteiger partial charge in [-0.05, 0) is 6.07 Å². The highest BCUT2D eigenvalue weighted by Crippen LogP contribution is 2.28. The minimum absolute atomic E-state index is 0.0130. The van der Waals surface area contributed by atoms with Crippen LogP contribution in [0.3, 0.4) is 0 Å². The van der Waals surface area contributed by atoms with E-state index in [-0.39, 0.29) is 5.75 Å². The lowest BCUT2D eigenvalue weighted by Gasteiger charge is -2.05. The summed E-state index contributed by atoms with van der Waals surface area (Å²) in [6.45, 7) is -1.14. The Bertz CT molecular complexity index is 519.